The van der Waals surface area contributed by atoms with E-state index in [1.807, 2.05) is 12.1 Å². The van der Waals surface area contributed by atoms with Crippen molar-refractivity contribution in [3.63, 3.8) is 0 Å². The molecule has 0 saturated heterocycles. The molecule has 1 aromatic rings. The Morgan fingerprint density at radius 1 is 1.18 bits per heavy atom. The van der Waals surface area contributed by atoms with Crippen LogP contribution in [0, 0.1) is 11.7 Å². The first-order valence-electron chi connectivity index (χ1n) is 6.72. The van der Waals surface area contributed by atoms with E-state index >= 15 is 0 Å². The fourth-order valence-corrected chi connectivity index (χ4v) is 2.14. The van der Waals surface area contributed by atoms with E-state index in [4.69, 9.17) is 0 Å². The van der Waals surface area contributed by atoms with E-state index in [2.05, 4.69) is 19.2 Å². The fraction of sp³-hybridized carbons (Fsp3) is 0.600. The lowest BCUT2D eigenvalue weighted by Crippen LogP contribution is -2.25. The maximum atomic E-state index is 13.6. The first kappa shape index (κ1) is 14.2. The largest absolute Gasteiger partial charge is 0.316 e. The topological polar surface area (TPSA) is 12.0 Å². The molecule has 0 aliphatic rings. The van der Waals surface area contributed by atoms with Crippen LogP contribution in [0.4, 0.5) is 4.39 Å². The average molecular weight is 237 g/mol. The molecule has 1 N–H and O–H groups in total. The van der Waals surface area contributed by atoms with Gasteiger partial charge >= 0.3 is 0 Å². The minimum Gasteiger partial charge on any atom is -0.316 e. The van der Waals surface area contributed by atoms with Gasteiger partial charge in [0.15, 0.2) is 0 Å². The quantitative estimate of drug-likeness (QED) is 0.678. The molecule has 1 rings (SSSR count). The number of halogens is 1. The minimum absolute atomic E-state index is 0.0657. The van der Waals surface area contributed by atoms with E-state index in [9.17, 15) is 4.39 Å². The zero-order valence-corrected chi connectivity index (χ0v) is 11.0. The van der Waals surface area contributed by atoms with Gasteiger partial charge in [-0.15, -0.1) is 0 Å². The molecule has 0 bridgehead atoms. The third-order valence-corrected chi connectivity index (χ3v) is 3.02. The van der Waals surface area contributed by atoms with Gasteiger partial charge in [0, 0.05) is 0 Å². The van der Waals surface area contributed by atoms with E-state index in [0.29, 0.717) is 5.92 Å². The second kappa shape index (κ2) is 8.24. The van der Waals surface area contributed by atoms with Crippen molar-refractivity contribution in [1.29, 1.82) is 0 Å². The minimum atomic E-state index is -0.0657. The lowest BCUT2D eigenvalue weighted by atomic mass is 9.94. The van der Waals surface area contributed by atoms with Crippen molar-refractivity contribution >= 4 is 0 Å². The highest BCUT2D eigenvalue weighted by atomic mass is 19.1. The molecular weight excluding hydrogens is 213 g/mol. The molecule has 2 heteroatoms. The van der Waals surface area contributed by atoms with Crippen molar-refractivity contribution in [2.45, 2.75) is 39.5 Å². The number of hydrogen-bond donors (Lipinski definition) is 1. The third-order valence-electron chi connectivity index (χ3n) is 3.02. The van der Waals surface area contributed by atoms with Crippen LogP contribution in [0.3, 0.4) is 0 Å². The van der Waals surface area contributed by atoms with Crippen LogP contribution in [0.5, 0.6) is 0 Å². The highest BCUT2D eigenvalue weighted by molar-refractivity contribution is 5.17. The average Bonchev–Trinajstić information content (AvgIpc) is 2.32. The first-order valence-corrected chi connectivity index (χ1v) is 6.72. The van der Waals surface area contributed by atoms with E-state index < -0.39 is 0 Å². The Hall–Kier alpha value is -0.890. The normalized spacial score (nSPS) is 12.6. The van der Waals surface area contributed by atoms with Gasteiger partial charge in [-0.3, -0.25) is 0 Å². The highest BCUT2D eigenvalue weighted by Gasteiger charge is 2.10. The molecule has 0 aliphatic heterocycles. The van der Waals surface area contributed by atoms with Gasteiger partial charge in [0.1, 0.15) is 5.82 Å². The Morgan fingerprint density at radius 2 is 1.94 bits per heavy atom. The lowest BCUT2D eigenvalue weighted by Gasteiger charge is -2.17. The van der Waals surface area contributed by atoms with Crippen LogP contribution < -0.4 is 5.32 Å². The van der Waals surface area contributed by atoms with E-state index in [1.54, 1.807) is 12.1 Å². The van der Waals surface area contributed by atoms with Crippen LogP contribution in [0.15, 0.2) is 24.3 Å². The Balaban J connectivity index is 2.50. The number of rotatable bonds is 8. The van der Waals surface area contributed by atoms with Crippen LogP contribution in [-0.2, 0) is 6.42 Å². The maximum Gasteiger partial charge on any atom is 0.126 e. The van der Waals surface area contributed by atoms with Gasteiger partial charge in [-0.05, 0) is 49.9 Å². The van der Waals surface area contributed by atoms with Crippen LogP contribution in [0.1, 0.15) is 38.7 Å². The van der Waals surface area contributed by atoms with Crippen molar-refractivity contribution in [3.05, 3.63) is 35.6 Å². The van der Waals surface area contributed by atoms with Crippen molar-refractivity contribution < 1.29 is 4.39 Å². The van der Waals surface area contributed by atoms with Gasteiger partial charge in [0.05, 0.1) is 0 Å². The molecule has 0 spiro atoms. The van der Waals surface area contributed by atoms with Crippen LogP contribution >= 0.6 is 0 Å². The van der Waals surface area contributed by atoms with Crippen molar-refractivity contribution in [3.8, 4) is 0 Å². The van der Waals surface area contributed by atoms with E-state index in [0.717, 1.165) is 44.3 Å². The summed E-state index contributed by atoms with van der Waals surface area (Å²) in [7, 11) is 0. The Labute approximate surface area is 104 Å². The van der Waals surface area contributed by atoms with Gasteiger partial charge in [0.2, 0.25) is 0 Å². The summed E-state index contributed by atoms with van der Waals surface area (Å²) in [5.41, 5.74) is 0.851. The first-order chi connectivity index (χ1) is 8.27. The molecule has 0 heterocycles. The predicted molar refractivity (Wildman–Crippen MR) is 71.7 cm³/mol. The summed E-state index contributed by atoms with van der Waals surface area (Å²) in [4.78, 5) is 0. The van der Waals surface area contributed by atoms with Crippen LogP contribution in [-0.4, -0.2) is 13.1 Å². The summed E-state index contributed by atoms with van der Waals surface area (Å²) < 4.78 is 13.6. The maximum absolute atomic E-state index is 13.6. The molecule has 0 amide bonds. The molecule has 96 valence electrons. The third kappa shape index (κ3) is 5.31. The SMILES string of the molecule is CCCNCC(CCC)Cc1ccccc1F. The summed E-state index contributed by atoms with van der Waals surface area (Å²) in [5, 5.41) is 3.44. The molecule has 1 unspecified atom stereocenters. The molecular formula is C15H24FN. The Bertz CT molecular complexity index is 312. The summed E-state index contributed by atoms with van der Waals surface area (Å²) in [6, 6.07) is 7.12. The second-order valence-electron chi connectivity index (χ2n) is 4.65. The zero-order chi connectivity index (χ0) is 12.5. The van der Waals surface area contributed by atoms with Crippen LogP contribution in [0.25, 0.3) is 0 Å². The smallest absolute Gasteiger partial charge is 0.126 e. The molecule has 0 fully saturated rings. The van der Waals surface area contributed by atoms with Gasteiger partial charge in [-0.2, -0.15) is 0 Å². The van der Waals surface area contributed by atoms with E-state index in [1.165, 1.54) is 0 Å². The zero-order valence-electron chi connectivity index (χ0n) is 11.0. The predicted octanol–water partition coefficient (Wildman–Crippen LogP) is 3.78. The fourth-order valence-electron chi connectivity index (χ4n) is 2.14. The molecule has 1 atom stereocenters. The number of nitrogens with one attached hydrogen (secondary N) is 1. The van der Waals surface area contributed by atoms with Gasteiger partial charge in [-0.1, -0.05) is 38.5 Å². The molecule has 0 radical (unpaired) electrons. The van der Waals surface area contributed by atoms with Crippen molar-refractivity contribution in [2.75, 3.05) is 13.1 Å². The Kier molecular flexibility index (Phi) is 6.87. The number of benzene rings is 1. The summed E-state index contributed by atoms with van der Waals surface area (Å²) >= 11 is 0. The number of hydrogen-bond acceptors (Lipinski definition) is 1. The second-order valence-corrected chi connectivity index (χ2v) is 4.65. The molecule has 0 saturated carbocycles. The van der Waals surface area contributed by atoms with E-state index in [-0.39, 0.29) is 5.82 Å². The molecule has 1 aromatic carbocycles. The summed E-state index contributed by atoms with van der Waals surface area (Å²) in [6.45, 7) is 6.40. The van der Waals surface area contributed by atoms with Crippen molar-refractivity contribution in [1.82, 2.24) is 5.32 Å². The standard InChI is InChI=1S/C15H24FN/c1-3-7-13(12-17-10-4-2)11-14-8-5-6-9-15(14)16/h5-6,8-9,13,17H,3-4,7,10-12H2,1-2H3. The van der Waals surface area contributed by atoms with Gasteiger partial charge in [-0.25, -0.2) is 4.39 Å². The molecule has 0 aliphatic carbocycles. The monoisotopic (exact) mass is 237 g/mol. The van der Waals surface area contributed by atoms with Crippen LogP contribution in [0.2, 0.25) is 0 Å². The lowest BCUT2D eigenvalue weighted by molar-refractivity contribution is 0.431. The van der Waals surface area contributed by atoms with Crippen molar-refractivity contribution in [2.24, 2.45) is 5.92 Å². The molecule has 17 heavy (non-hydrogen) atoms. The highest BCUT2D eigenvalue weighted by Crippen LogP contribution is 2.16. The summed E-state index contributed by atoms with van der Waals surface area (Å²) in [5.74, 6) is 0.479. The Morgan fingerprint density at radius 3 is 2.59 bits per heavy atom. The molecule has 0 aromatic heterocycles. The summed E-state index contributed by atoms with van der Waals surface area (Å²) in [6.07, 6.45) is 4.31. The van der Waals surface area contributed by atoms with Gasteiger partial charge in [0.25, 0.3) is 0 Å². The van der Waals surface area contributed by atoms with Gasteiger partial charge < -0.3 is 5.32 Å². The molecule has 1 nitrogen and oxygen atoms in total.